The second-order valence-electron chi connectivity index (χ2n) is 7.67. The van der Waals surface area contributed by atoms with Crippen molar-refractivity contribution in [3.63, 3.8) is 0 Å². The predicted molar refractivity (Wildman–Crippen MR) is 113 cm³/mol. The van der Waals surface area contributed by atoms with Crippen LogP contribution in [0.3, 0.4) is 0 Å². The highest BCUT2D eigenvalue weighted by molar-refractivity contribution is 8.00. The fourth-order valence-corrected chi connectivity index (χ4v) is 6.49. The summed E-state index contributed by atoms with van der Waals surface area (Å²) in [5.41, 5.74) is 1.92. The van der Waals surface area contributed by atoms with E-state index < -0.39 is 21.1 Å². The van der Waals surface area contributed by atoms with Crippen LogP contribution in [0.5, 0.6) is 0 Å². The van der Waals surface area contributed by atoms with E-state index in [-0.39, 0.29) is 23.2 Å². The number of carbonyl (C=O) groups excluding carboxylic acids is 2. The van der Waals surface area contributed by atoms with Crippen molar-refractivity contribution in [1.29, 1.82) is 0 Å². The lowest BCUT2D eigenvalue weighted by molar-refractivity contribution is 0.0599. The van der Waals surface area contributed by atoms with Gasteiger partial charge in [-0.3, -0.25) is 4.79 Å². The fourth-order valence-electron chi connectivity index (χ4n) is 3.74. The summed E-state index contributed by atoms with van der Waals surface area (Å²) < 4.78 is 30.0. The number of hydrogen-bond acceptors (Lipinski definition) is 8. The molecule has 0 aliphatic carbocycles. The molecule has 1 fully saturated rings. The topological polar surface area (TPSA) is 124 Å². The van der Waals surface area contributed by atoms with E-state index in [2.05, 4.69) is 15.2 Å². The zero-order chi connectivity index (χ0) is 22.2. The predicted octanol–water partition coefficient (Wildman–Crippen LogP) is 1.89. The van der Waals surface area contributed by atoms with Crippen LogP contribution < -0.4 is 0 Å². The summed E-state index contributed by atoms with van der Waals surface area (Å²) in [7, 11) is 0.184. The lowest BCUT2D eigenvalue weighted by atomic mass is 10.1. The number of H-pyrrole nitrogens is 1. The number of rotatable bonds is 7. The van der Waals surface area contributed by atoms with Crippen molar-refractivity contribution < 1.29 is 22.7 Å². The van der Waals surface area contributed by atoms with Crippen molar-refractivity contribution in [3.8, 4) is 0 Å². The number of nitrogens with zero attached hydrogens (tertiary/aromatic N) is 3. The average Bonchev–Trinajstić information content (AvgIpc) is 3.30. The van der Waals surface area contributed by atoms with Gasteiger partial charge in [0.1, 0.15) is 5.82 Å². The minimum Gasteiger partial charge on any atom is -0.465 e. The van der Waals surface area contributed by atoms with E-state index in [9.17, 15) is 18.0 Å². The Labute approximate surface area is 179 Å². The van der Waals surface area contributed by atoms with E-state index in [1.165, 1.54) is 18.9 Å². The van der Waals surface area contributed by atoms with Crippen LogP contribution in [-0.4, -0.2) is 63.8 Å². The van der Waals surface area contributed by atoms with Crippen LogP contribution >= 0.6 is 11.8 Å². The summed E-state index contributed by atoms with van der Waals surface area (Å²) in [6, 6.07) is 0. The van der Waals surface area contributed by atoms with Gasteiger partial charge in [0, 0.05) is 19.2 Å². The minimum absolute atomic E-state index is 0.0519. The van der Waals surface area contributed by atoms with Gasteiger partial charge in [-0.25, -0.2) is 13.2 Å². The highest BCUT2D eigenvalue weighted by Crippen LogP contribution is 2.28. The molecule has 1 aliphatic heterocycles. The Morgan fingerprint density at radius 2 is 2.03 bits per heavy atom. The number of ketones is 1. The third-order valence-electron chi connectivity index (χ3n) is 5.45. The Bertz CT molecular complexity index is 1090. The molecule has 164 valence electrons. The molecule has 2 aromatic heterocycles. The lowest BCUT2D eigenvalue weighted by Crippen LogP contribution is -2.16. The van der Waals surface area contributed by atoms with Crippen molar-refractivity contribution in [2.45, 2.75) is 44.0 Å². The second-order valence-corrected chi connectivity index (χ2v) is 11.2. The van der Waals surface area contributed by atoms with Crippen LogP contribution in [0.2, 0.25) is 0 Å². The molecular formula is C19H26N4O5S2. The Hall–Kier alpha value is -2.14. The Balaban J connectivity index is 1.72. The molecule has 11 heteroatoms. The van der Waals surface area contributed by atoms with Gasteiger partial charge < -0.3 is 14.3 Å². The maximum Gasteiger partial charge on any atom is 0.339 e. The molecule has 0 saturated carbocycles. The molecule has 9 nitrogen and oxygen atoms in total. The van der Waals surface area contributed by atoms with Gasteiger partial charge in [0.05, 0.1) is 35.1 Å². The number of esters is 1. The third-order valence-corrected chi connectivity index (χ3v) is 8.42. The first-order valence-corrected chi connectivity index (χ1v) is 12.3. The van der Waals surface area contributed by atoms with Gasteiger partial charge in [0.2, 0.25) is 0 Å². The molecule has 2 unspecified atom stereocenters. The highest BCUT2D eigenvalue weighted by Gasteiger charge is 2.30. The zero-order valence-electron chi connectivity index (χ0n) is 17.7. The largest absolute Gasteiger partial charge is 0.465 e. The van der Waals surface area contributed by atoms with Gasteiger partial charge in [-0.1, -0.05) is 11.8 Å². The third kappa shape index (κ3) is 4.46. The molecule has 1 N–H and O–H groups in total. The molecule has 0 amide bonds. The van der Waals surface area contributed by atoms with E-state index in [0.29, 0.717) is 46.3 Å². The fraction of sp³-hybridized carbons (Fsp3) is 0.579. The molecule has 0 aromatic carbocycles. The highest BCUT2D eigenvalue weighted by atomic mass is 32.2. The quantitative estimate of drug-likeness (QED) is 0.382. The smallest absolute Gasteiger partial charge is 0.339 e. The molecule has 2 atom stereocenters. The van der Waals surface area contributed by atoms with Gasteiger partial charge in [-0.15, -0.1) is 10.2 Å². The molecule has 0 radical (unpaired) electrons. The van der Waals surface area contributed by atoms with E-state index >= 15 is 0 Å². The molecule has 1 saturated heterocycles. The lowest BCUT2D eigenvalue weighted by Gasteiger charge is -2.11. The SMILES string of the molecule is COC(=O)c1c(C)[nH]c(C(=O)C(C)Sc2nnc(CC3CCS(=O)(=O)C3)n2C)c1C. The summed E-state index contributed by atoms with van der Waals surface area (Å²) in [6.07, 6.45) is 1.18. The number of methoxy groups -OCH3 is 1. The first-order chi connectivity index (χ1) is 14.0. The summed E-state index contributed by atoms with van der Waals surface area (Å²) >= 11 is 1.28. The van der Waals surface area contributed by atoms with E-state index in [1.807, 2.05) is 11.6 Å². The molecular weight excluding hydrogens is 428 g/mol. The maximum atomic E-state index is 13.0. The summed E-state index contributed by atoms with van der Waals surface area (Å²) in [5, 5.41) is 8.51. The Kier molecular flexibility index (Phi) is 6.42. The van der Waals surface area contributed by atoms with Crippen LogP contribution in [0.1, 0.15) is 51.3 Å². The molecule has 1 aliphatic rings. The first-order valence-electron chi connectivity index (χ1n) is 9.61. The van der Waals surface area contributed by atoms with Crippen molar-refractivity contribution in [3.05, 3.63) is 28.3 Å². The van der Waals surface area contributed by atoms with Gasteiger partial charge in [-0.05, 0) is 38.7 Å². The van der Waals surface area contributed by atoms with E-state index in [1.54, 1.807) is 20.8 Å². The second kappa shape index (κ2) is 8.54. The van der Waals surface area contributed by atoms with Crippen LogP contribution in [0.4, 0.5) is 0 Å². The monoisotopic (exact) mass is 454 g/mol. The van der Waals surface area contributed by atoms with Crippen LogP contribution in [0.25, 0.3) is 0 Å². The molecule has 0 spiro atoms. The molecule has 3 heterocycles. The molecule has 3 rings (SSSR count). The number of ether oxygens (including phenoxy) is 1. The number of carbonyl (C=O) groups is 2. The van der Waals surface area contributed by atoms with Crippen molar-refractivity contribution >= 4 is 33.4 Å². The molecule has 0 bridgehead atoms. The van der Waals surface area contributed by atoms with Gasteiger partial charge in [-0.2, -0.15) is 0 Å². The number of aromatic amines is 1. The average molecular weight is 455 g/mol. The van der Waals surface area contributed by atoms with Crippen molar-refractivity contribution in [2.24, 2.45) is 13.0 Å². The number of aryl methyl sites for hydroxylation is 1. The molecule has 30 heavy (non-hydrogen) atoms. The number of nitrogens with one attached hydrogen (secondary N) is 1. The first kappa shape index (κ1) is 22.5. The van der Waals surface area contributed by atoms with Crippen LogP contribution in [0.15, 0.2) is 5.16 Å². The van der Waals surface area contributed by atoms with Crippen LogP contribution in [-0.2, 0) is 28.0 Å². The maximum absolute atomic E-state index is 13.0. The number of thioether (sulfide) groups is 1. The Morgan fingerprint density at radius 1 is 1.33 bits per heavy atom. The summed E-state index contributed by atoms with van der Waals surface area (Å²) in [5.74, 6) is 0.543. The van der Waals surface area contributed by atoms with Crippen molar-refractivity contribution in [1.82, 2.24) is 19.7 Å². The number of hydrogen-bond donors (Lipinski definition) is 1. The standard InChI is InChI=1S/C19H26N4O5S2/c1-10-15(18(25)28-5)11(2)20-16(10)17(24)12(3)29-19-22-21-14(23(19)4)8-13-6-7-30(26,27)9-13/h12-13,20H,6-9H2,1-5H3. The molecule has 2 aromatic rings. The number of Topliss-reactive ketones (excluding diaryl/α,β-unsaturated/α-hetero) is 1. The van der Waals surface area contributed by atoms with Crippen LogP contribution in [0, 0.1) is 19.8 Å². The van der Waals surface area contributed by atoms with E-state index in [0.717, 1.165) is 0 Å². The number of sulfone groups is 1. The summed E-state index contributed by atoms with van der Waals surface area (Å²) in [6.45, 7) is 5.22. The number of aromatic nitrogens is 4. The normalized spacial score (nSPS) is 19.0. The van der Waals surface area contributed by atoms with Gasteiger partial charge >= 0.3 is 5.97 Å². The Morgan fingerprint density at radius 3 is 2.63 bits per heavy atom. The van der Waals surface area contributed by atoms with Crippen molar-refractivity contribution in [2.75, 3.05) is 18.6 Å². The van der Waals surface area contributed by atoms with E-state index in [4.69, 9.17) is 4.74 Å². The van der Waals surface area contributed by atoms with Gasteiger partial charge in [0.15, 0.2) is 20.8 Å². The summed E-state index contributed by atoms with van der Waals surface area (Å²) in [4.78, 5) is 28.0. The minimum atomic E-state index is -2.94. The zero-order valence-corrected chi connectivity index (χ0v) is 19.3. The van der Waals surface area contributed by atoms with Gasteiger partial charge in [0.25, 0.3) is 0 Å².